The smallest absolute Gasteiger partial charge is 0.333 e. The second-order valence-corrected chi connectivity index (χ2v) is 5.09. The highest BCUT2D eigenvalue weighted by Gasteiger charge is 2.22. The molecule has 2 aromatic rings. The van der Waals surface area contributed by atoms with Gasteiger partial charge in [-0.05, 0) is 24.5 Å². The van der Waals surface area contributed by atoms with Gasteiger partial charge in [-0.3, -0.25) is 18.9 Å². The van der Waals surface area contributed by atoms with Gasteiger partial charge in [-0.15, -0.1) is 0 Å². The van der Waals surface area contributed by atoms with Crippen molar-refractivity contribution in [3.05, 3.63) is 56.2 Å². The van der Waals surface area contributed by atoms with Gasteiger partial charge in [-0.2, -0.15) is 0 Å². The van der Waals surface area contributed by atoms with Crippen LogP contribution < -0.4 is 11.2 Å². The van der Waals surface area contributed by atoms with Gasteiger partial charge in [0, 0.05) is 14.1 Å². The maximum atomic E-state index is 12.3. The molecular weight excluding hydrogens is 270 g/mol. The molecule has 1 aliphatic heterocycles. The van der Waals surface area contributed by atoms with Gasteiger partial charge in [-0.1, -0.05) is 18.2 Å². The number of fused-ring (bicyclic) bond motifs is 1. The van der Waals surface area contributed by atoms with Crippen LogP contribution in [0.25, 0.3) is 0 Å². The van der Waals surface area contributed by atoms with E-state index in [0.29, 0.717) is 12.1 Å². The van der Waals surface area contributed by atoms with Crippen LogP contribution in [0.5, 0.6) is 5.88 Å². The average Bonchev–Trinajstić information content (AvgIpc) is 2.51. The summed E-state index contributed by atoms with van der Waals surface area (Å²) in [5.74, 6) is -0.332. The van der Waals surface area contributed by atoms with E-state index in [1.165, 1.54) is 14.1 Å². The molecule has 1 aromatic carbocycles. The van der Waals surface area contributed by atoms with Crippen molar-refractivity contribution in [2.24, 2.45) is 19.1 Å². The molecule has 0 saturated heterocycles. The molecule has 0 saturated carbocycles. The van der Waals surface area contributed by atoms with Gasteiger partial charge in [0.25, 0.3) is 5.56 Å². The highest BCUT2D eigenvalue weighted by Crippen LogP contribution is 2.28. The number of benzene rings is 1. The first-order chi connectivity index (χ1) is 10.0. The number of hydrogen-bond donors (Lipinski definition) is 1. The minimum absolute atomic E-state index is 0.106. The van der Waals surface area contributed by atoms with Gasteiger partial charge in [0.15, 0.2) is 0 Å². The zero-order valence-electron chi connectivity index (χ0n) is 11.8. The van der Waals surface area contributed by atoms with Crippen molar-refractivity contribution in [2.45, 2.75) is 12.8 Å². The molecule has 6 heteroatoms. The number of aromatic hydroxyl groups is 1. The minimum atomic E-state index is -0.557. The molecule has 0 fully saturated rings. The Bertz CT molecular complexity index is 875. The van der Waals surface area contributed by atoms with E-state index in [-0.39, 0.29) is 11.4 Å². The molecule has 0 unspecified atom stereocenters. The summed E-state index contributed by atoms with van der Waals surface area (Å²) in [6.07, 6.45) is 1.30. The SMILES string of the molecule is Cn1c(O)c(C2=Nc3ccccc3CC2)c(=O)n(C)c1=O. The third-order valence-electron chi connectivity index (χ3n) is 3.80. The van der Waals surface area contributed by atoms with Crippen molar-refractivity contribution < 1.29 is 5.11 Å². The van der Waals surface area contributed by atoms with E-state index >= 15 is 0 Å². The van der Waals surface area contributed by atoms with E-state index in [1.807, 2.05) is 24.3 Å². The van der Waals surface area contributed by atoms with Crippen LogP contribution >= 0.6 is 0 Å². The van der Waals surface area contributed by atoms with Gasteiger partial charge < -0.3 is 5.11 Å². The summed E-state index contributed by atoms with van der Waals surface area (Å²) >= 11 is 0. The average molecular weight is 285 g/mol. The standard InChI is InChI=1S/C15H15N3O3/c1-17-13(19)12(14(20)18(2)15(17)21)11-8-7-9-5-3-4-6-10(9)16-11/h3-6,19H,7-8H2,1-2H3. The molecule has 0 spiro atoms. The Balaban J connectivity index is 2.27. The molecule has 2 heterocycles. The molecule has 0 atom stereocenters. The van der Waals surface area contributed by atoms with Crippen LogP contribution in [0.15, 0.2) is 38.8 Å². The Hall–Kier alpha value is -2.63. The van der Waals surface area contributed by atoms with E-state index in [4.69, 9.17) is 0 Å². The fourth-order valence-electron chi connectivity index (χ4n) is 2.55. The highest BCUT2D eigenvalue weighted by atomic mass is 16.3. The summed E-state index contributed by atoms with van der Waals surface area (Å²) in [5, 5.41) is 10.2. The van der Waals surface area contributed by atoms with Gasteiger partial charge in [0.1, 0.15) is 5.56 Å². The Labute approximate surface area is 120 Å². The maximum Gasteiger partial charge on any atom is 0.333 e. The van der Waals surface area contributed by atoms with E-state index < -0.39 is 11.2 Å². The van der Waals surface area contributed by atoms with Crippen LogP contribution in [0.2, 0.25) is 0 Å². The van der Waals surface area contributed by atoms with Gasteiger partial charge in [0.05, 0.1) is 11.4 Å². The van der Waals surface area contributed by atoms with Crippen molar-refractivity contribution in [1.29, 1.82) is 0 Å². The Kier molecular flexibility index (Phi) is 3.01. The summed E-state index contributed by atoms with van der Waals surface area (Å²) < 4.78 is 2.04. The Morgan fingerprint density at radius 1 is 1.10 bits per heavy atom. The number of aliphatic imine (C=N–C) groups is 1. The zero-order valence-corrected chi connectivity index (χ0v) is 11.8. The van der Waals surface area contributed by atoms with E-state index in [2.05, 4.69) is 4.99 Å². The zero-order chi connectivity index (χ0) is 15.1. The quantitative estimate of drug-likeness (QED) is 0.844. The van der Waals surface area contributed by atoms with Gasteiger partial charge in [0.2, 0.25) is 5.88 Å². The molecule has 0 aliphatic carbocycles. The van der Waals surface area contributed by atoms with Crippen molar-refractivity contribution in [2.75, 3.05) is 0 Å². The van der Waals surface area contributed by atoms with E-state index in [9.17, 15) is 14.7 Å². The van der Waals surface area contributed by atoms with Crippen LogP contribution in [-0.2, 0) is 20.5 Å². The van der Waals surface area contributed by atoms with Crippen molar-refractivity contribution in [3.8, 4) is 5.88 Å². The first kappa shape index (κ1) is 13.4. The first-order valence-electron chi connectivity index (χ1n) is 6.65. The summed E-state index contributed by atoms with van der Waals surface area (Å²) in [6.45, 7) is 0. The lowest BCUT2D eigenvalue weighted by molar-refractivity contribution is 0.410. The summed E-state index contributed by atoms with van der Waals surface area (Å²) in [7, 11) is 2.82. The molecule has 21 heavy (non-hydrogen) atoms. The van der Waals surface area contributed by atoms with Crippen LogP contribution in [0.4, 0.5) is 5.69 Å². The van der Waals surface area contributed by atoms with Crippen molar-refractivity contribution >= 4 is 11.4 Å². The first-order valence-corrected chi connectivity index (χ1v) is 6.65. The number of para-hydroxylation sites is 1. The molecule has 0 bridgehead atoms. The monoisotopic (exact) mass is 285 g/mol. The number of aromatic nitrogens is 2. The number of hydrogen-bond acceptors (Lipinski definition) is 4. The van der Waals surface area contributed by atoms with Crippen molar-refractivity contribution in [1.82, 2.24) is 9.13 Å². The second kappa shape index (κ2) is 4.73. The number of nitrogens with zero attached hydrogens (tertiary/aromatic N) is 3. The predicted octanol–water partition coefficient (Wildman–Crippen LogP) is 0.857. The topological polar surface area (TPSA) is 76.6 Å². The molecule has 1 N–H and O–H groups in total. The van der Waals surface area contributed by atoms with E-state index in [0.717, 1.165) is 26.8 Å². The lowest BCUT2D eigenvalue weighted by atomic mass is 9.98. The van der Waals surface area contributed by atoms with E-state index in [1.54, 1.807) is 0 Å². The molecule has 6 nitrogen and oxygen atoms in total. The summed E-state index contributed by atoms with van der Waals surface area (Å²) in [5.41, 5.74) is 1.46. The number of aryl methyl sites for hydroxylation is 1. The predicted molar refractivity (Wildman–Crippen MR) is 79.5 cm³/mol. The van der Waals surface area contributed by atoms with Gasteiger partial charge in [-0.25, -0.2) is 4.79 Å². The normalized spacial score (nSPS) is 13.7. The summed E-state index contributed by atoms with van der Waals surface area (Å²) in [4.78, 5) is 28.5. The summed E-state index contributed by atoms with van der Waals surface area (Å²) in [6, 6.07) is 7.69. The lowest BCUT2D eigenvalue weighted by Crippen LogP contribution is -2.40. The molecule has 3 rings (SSSR count). The Morgan fingerprint density at radius 3 is 2.57 bits per heavy atom. The number of rotatable bonds is 1. The molecule has 108 valence electrons. The second-order valence-electron chi connectivity index (χ2n) is 5.09. The third-order valence-corrected chi connectivity index (χ3v) is 3.80. The lowest BCUT2D eigenvalue weighted by Gasteiger charge is -2.17. The third kappa shape index (κ3) is 1.99. The largest absolute Gasteiger partial charge is 0.494 e. The molecule has 1 aliphatic rings. The van der Waals surface area contributed by atoms with Crippen LogP contribution in [-0.4, -0.2) is 20.0 Å². The van der Waals surface area contributed by atoms with Crippen LogP contribution in [0.1, 0.15) is 17.5 Å². The molecular formula is C15H15N3O3. The van der Waals surface area contributed by atoms with Crippen LogP contribution in [0, 0.1) is 0 Å². The molecule has 1 aromatic heterocycles. The fourth-order valence-corrected chi connectivity index (χ4v) is 2.55. The van der Waals surface area contributed by atoms with Gasteiger partial charge >= 0.3 is 5.69 Å². The van der Waals surface area contributed by atoms with Crippen molar-refractivity contribution in [3.63, 3.8) is 0 Å². The Morgan fingerprint density at radius 2 is 1.81 bits per heavy atom. The molecule has 0 amide bonds. The minimum Gasteiger partial charge on any atom is -0.494 e. The highest BCUT2D eigenvalue weighted by molar-refractivity contribution is 6.04. The molecule has 0 radical (unpaired) electrons. The maximum absolute atomic E-state index is 12.3. The fraction of sp³-hybridized carbons (Fsp3) is 0.267. The van der Waals surface area contributed by atoms with Crippen LogP contribution in [0.3, 0.4) is 0 Å².